The lowest BCUT2D eigenvalue weighted by Gasteiger charge is -2.35. The number of hydrogen-bond donors (Lipinski definition) is 1. The second kappa shape index (κ2) is 5.71. The maximum atomic E-state index is 12.9. The van der Waals surface area contributed by atoms with E-state index in [9.17, 15) is 23.3 Å². The van der Waals surface area contributed by atoms with Crippen molar-refractivity contribution in [1.29, 1.82) is 5.26 Å². The minimum Gasteiger partial charge on any atom is -0.392 e. The van der Waals surface area contributed by atoms with Crippen molar-refractivity contribution in [2.45, 2.75) is 19.0 Å². The first-order valence-electron chi connectivity index (χ1n) is 6.54. The molecule has 1 aromatic rings. The normalized spacial score (nSPS) is 18.8. The molecule has 0 bridgehead atoms. The van der Waals surface area contributed by atoms with E-state index in [1.807, 2.05) is 0 Å². The minimum absolute atomic E-state index is 0.0321. The average Bonchev–Trinajstić information content (AvgIpc) is 2.45. The van der Waals surface area contributed by atoms with Gasteiger partial charge in [-0.2, -0.15) is 18.4 Å². The Morgan fingerprint density at radius 3 is 2.68 bits per heavy atom. The van der Waals surface area contributed by atoms with Crippen LogP contribution in [0.2, 0.25) is 0 Å². The Balaban J connectivity index is 2.39. The lowest BCUT2D eigenvalue weighted by Crippen LogP contribution is -2.42. The van der Waals surface area contributed by atoms with E-state index in [1.54, 1.807) is 6.07 Å². The molecule has 22 heavy (non-hydrogen) atoms. The number of anilines is 2. The molecule has 118 valence electrons. The molecule has 1 aromatic carbocycles. The predicted octanol–water partition coefficient (Wildman–Crippen LogP) is 2.83. The van der Waals surface area contributed by atoms with Gasteiger partial charge in [-0.3, -0.25) is 10.1 Å². The summed E-state index contributed by atoms with van der Waals surface area (Å²) in [4.78, 5) is 11.5. The first-order chi connectivity index (χ1) is 10.3. The summed E-state index contributed by atoms with van der Waals surface area (Å²) in [5.41, 5.74) is 4.92. The molecule has 1 saturated heterocycles. The fourth-order valence-electron chi connectivity index (χ4n) is 2.60. The van der Waals surface area contributed by atoms with E-state index in [-0.39, 0.29) is 29.9 Å². The van der Waals surface area contributed by atoms with Crippen LogP contribution in [0.15, 0.2) is 12.1 Å². The predicted molar refractivity (Wildman–Crippen MR) is 73.2 cm³/mol. The topological polar surface area (TPSA) is 96.2 Å². The number of nitro groups is 1. The third-order valence-electron chi connectivity index (χ3n) is 3.73. The summed E-state index contributed by atoms with van der Waals surface area (Å²) in [7, 11) is 0. The van der Waals surface area contributed by atoms with Gasteiger partial charge >= 0.3 is 6.18 Å². The van der Waals surface area contributed by atoms with Crippen LogP contribution in [-0.2, 0) is 0 Å². The summed E-state index contributed by atoms with van der Waals surface area (Å²) in [5.74, 6) is -1.48. The number of rotatable bonds is 2. The van der Waals surface area contributed by atoms with Gasteiger partial charge in [0, 0.05) is 19.2 Å². The molecule has 1 atom stereocenters. The molecule has 0 aliphatic carbocycles. The van der Waals surface area contributed by atoms with E-state index in [2.05, 4.69) is 0 Å². The highest BCUT2D eigenvalue weighted by Crippen LogP contribution is 2.38. The maximum Gasteiger partial charge on any atom is 0.393 e. The smallest absolute Gasteiger partial charge is 0.392 e. The van der Waals surface area contributed by atoms with Crippen LogP contribution in [-0.4, -0.2) is 24.2 Å². The number of hydrogen-bond acceptors (Lipinski definition) is 5. The van der Waals surface area contributed by atoms with Crippen LogP contribution in [0.5, 0.6) is 0 Å². The van der Waals surface area contributed by atoms with E-state index in [0.717, 1.165) is 6.07 Å². The van der Waals surface area contributed by atoms with Crippen molar-refractivity contribution >= 4 is 17.1 Å². The monoisotopic (exact) mass is 314 g/mol. The quantitative estimate of drug-likeness (QED) is 0.514. The third-order valence-corrected chi connectivity index (χ3v) is 3.73. The van der Waals surface area contributed by atoms with Gasteiger partial charge in [-0.15, -0.1) is 0 Å². The fraction of sp³-hybridized carbons (Fsp3) is 0.462. The summed E-state index contributed by atoms with van der Waals surface area (Å²) < 4.78 is 38.6. The molecule has 0 saturated carbocycles. The minimum atomic E-state index is -4.31. The average molecular weight is 314 g/mol. The standard InChI is InChI=1S/C13H13F3N4O2/c14-13(15,16)8-2-1-5-19(7-8)10-3-4-11(20(21)22)12(18)9(10)6-17/h3-4,8H,1-2,5,7,18H2/t8-/m0/s1. The van der Waals surface area contributed by atoms with Crippen molar-refractivity contribution in [3.63, 3.8) is 0 Å². The number of nitriles is 1. The van der Waals surface area contributed by atoms with Crippen molar-refractivity contribution in [3.05, 3.63) is 27.8 Å². The lowest BCUT2D eigenvalue weighted by molar-refractivity contribution is -0.383. The summed E-state index contributed by atoms with van der Waals surface area (Å²) in [6, 6.07) is 4.15. The molecule has 0 spiro atoms. The largest absolute Gasteiger partial charge is 0.393 e. The third kappa shape index (κ3) is 2.90. The molecule has 0 unspecified atom stereocenters. The molecular weight excluding hydrogens is 301 g/mol. The van der Waals surface area contributed by atoms with Gasteiger partial charge in [-0.25, -0.2) is 0 Å². The highest BCUT2D eigenvalue weighted by molar-refractivity contribution is 5.77. The molecule has 0 amide bonds. The molecule has 2 rings (SSSR count). The van der Waals surface area contributed by atoms with E-state index in [1.165, 1.54) is 11.0 Å². The van der Waals surface area contributed by atoms with Crippen LogP contribution in [0.4, 0.5) is 30.2 Å². The van der Waals surface area contributed by atoms with Crippen LogP contribution in [0, 0.1) is 27.4 Å². The highest BCUT2D eigenvalue weighted by atomic mass is 19.4. The van der Waals surface area contributed by atoms with Crippen molar-refractivity contribution in [2.75, 3.05) is 23.7 Å². The molecule has 1 heterocycles. The van der Waals surface area contributed by atoms with E-state index >= 15 is 0 Å². The number of nitrogen functional groups attached to an aromatic ring is 1. The second-order valence-electron chi connectivity index (χ2n) is 5.09. The Hall–Kier alpha value is -2.50. The van der Waals surface area contributed by atoms with Crippen LogP contribution in [0.3, 0.4) is 0 Å². The van der Waals surface area contributed by atoms with Crippen LogP contribution < -0.4 is 10.6 Å². The molecule has 1 aliphatic heterocycles. The molecule has 1 fully saturated rings. The zero-order valence-corrected chi connectivity index (χ0v) is 11.4. The SMILES string of the molecule is N#Cc1c(N2CCC[C@H](C(F)(F)F)C2)ccc([N+](=O)[O-])c1N. The van der Waals surface area contributed by atoms with E-state index < -0.39 is 22.7 Å². The number of nitrogens with two attached hydrogens (primary N) is 1. The molecule has 9 heteroatoms. The Morgan fingerprint density at radius 1 is 1.45 bits per heavy atom. The number of benzene rings is 1. The molecular formula is C13H13F3N4O2. The molecule has 2 N–H and O–H groups in total. The van der Waals surface area contributed by atoms with Gasteiger partial charge in [-0.05, 0) is 18.9 Å². The zero-order chi connectivity index (χ0) is 16.5. The van der Waals surface area contributed by atoms with Crippen molar-refractivity contribution in [3.8, 4) is 6.07 Å². The molecule has 0 radical (unpaired) electrons. The number of nitro benzene ring substituents is 1. The molecule has 6 nitrogen and oxygen atoms in total. The summed E-state index contributed by atoms with van der Waals surface area (Å²) in [5, 5.41) is 20.0. The Morgan fingerprint density at radius 2 is 2.14 bits per heavy atom. The Kier molecular flexibility index (Phi) is 4.12. The first-order valence-corrected chi connectivity index (χ1v) is 6.54. The Bertz CT molecular complexity index is 639. The molecule has 0 aromatic heterocycles. The number of halogens is 3. The van der Waals surface area contributed by atoms with E-state index in [4.69, 9.17) is 11.0 Å². The zero-order valence-electron chi connectivity index (χ0n) is 11.4. The summed E-state index contributed by atoms with van der Waals surface area (Å²) in [6.07, 6.45) is -3.95. The van der Waals surface area contributed by atoms with E-state index in [0.29, 0.717) is 13.0 Å². The van der Waals surface area contributed by atoms with Crippen molar-refractivity contribution < 1.29 is 18.1 Å². The van der Waals surface area contributed by atoms with Crippen LogP contribution in [0.25, 0.3) is 0 Å². The van der Waals surface area contributed by atoms with Crippen molar-refractivity contribution in [1.82, 2.24) is 0 Å². The van der Waals surface area contributed by atoms with Gasteiger partial charge in [-0.1, -0.05) is 0 Å². The van der Waals surface area contributed by atoms with Gasteiger partial charge < -0.3 is 10.6 Å². The van der Waals surface area contributed by atoms with Gasteiger partial charge in [0.25, 0.3) is 5.69 Å². The van der Waals surface area contributed by atoms with Gasteiger partial charge in [0.05, 0.1) is 16.5 Å². The van der Waals surface area contributed by atoms with Gasteiger partial charge in [0.1, 0.15) is 17.3 Å². The second-order valence-corrected chi connectivity index (χ2v) is 5.09. The summed E-state index contributed by atoms with van der Waals surface area (Å²) >= 11 is 0. The van der Waals surface area contributed by atoms with Crippen LogP contribution in [0.1, 0.15) is 18.4 Å². The number of piperidine rings is 1. The highest BCUT2D eigenvalue weighted by Gasteiger charge is 2.42. The van der Waals surface area contributed by atoms with Crippen LogP contribution >= 0.6 is 0 Å². The fourth-order valence-corrected chi connectivity index (χ4v) is 2.60. The van der Waals surface area contributed by atoms with Gasteiger partial charge in [0.2, 0.25) is 0 Å². The Labute approximate surface area is 124 Å². The number of nitrogens with zero attached hydrogens (tertiary/aromatic N) is 3. The molecule has 1 aliphatic rings. The lowest BCUT2D eigenvalue weighted by atomic mass is 9.96. The first kappa shape index (κ1) is 15.9. The summed E-state index contributed by atoms with van der Waals surface area (Å²) in [6.45, 7) is 0.0634. The van der Waals surface area contributed by atoms with Crippen molar-refractivity contribution in [2.24, 2.45) is 5.92 Å². The number of alkyl halides is 3. The van der Waals surface area contributed by atoms with Gasteiger partial charge in [0.15, 0.2) is 0 Å². The maximum absolute atomic E-state index is 12.9.